The Balaban J connectivity index is 1.44. The molecule has 8 nitrogen and oxygen atoms in total. The number of likely N-dealkylation sites (tertiary alicyclic amines) is 1. The lowest BCUT2D eigenvalue weighted by molar-refractivity contribution is -0.151. The second kappa shape index (κ2) is 9.54. The van der Waals surface area contributed by atoms with Crippen LogP contribution in [0.4, 0.5) is 5.69 Å². The number of amides is 2. The highest BCUT2D eigenvalue weighted by Crippen LogP contribution is 2.29. The van der Waals surface area contributed by atoms with Crippen molar-refractivity contribution in [3.63, 3.8) is 0 Å². The molecule has 1 aliphatic carbocycles. The zero-order valence-corrected chi connectivity index (χ0v) is 16.5. The minimum Gasteiger partial charge on any atom is -0.465 e. The molecule has 2 amide bonds. The molecule has 1 aromatic carbocycles. The van der Waals surface area contributed by atoms with Crippen LogP contribution in [0, 0.1) is 5.92 Å². The van der Waals surface area contributed by atoms with Crippen LogP contribution in [0.15, 0.2) is 24.3 Å². The first-order valence-corrected chi connectivity index (χ1v) is 9.92. The van der Waals surface area contributed by atoms with Crippen LogP contribution >= 0.6 is 0 Å². The maximum absolute atomic E-state index is 12.3. The fourth-order valence-electron chi connectivity index (χ4n) is 3.89. The van der Waals surface area contributed by atoms with Crippen molar-refractivity contribution in [2.45, 2.75) is 44.6 Å². The summed E-state index contributed by atoms with van der Waals surface area (Å²) < 4.78 is 9.73. The number of rotatable bonds is 6. The minimum absolute atomic E-state index is 0.00556. The Bertz CT molecular complexity index is 770. The Labute approximate surface area is 169 Å². The van der Waals surface area contributed by atoms with Gasteiger partial charge in [-0.05, 0) is 37.1 Å². The number of esters is 2. The van der Waals surface area contributed by atoms with Gasteiger partial charge in [0.25, 0.3) is 5.91 Å². The molecule has 1 N–H and O–H groups in total. The van der Waals surface area contributed by atoms with Crippen LogP contribution in [0.5, 0.6) is 0 Å². The van der Waals surface area contributed by atoms with Gasteiger partial charge in [0, 0.05) is 24.7 Å². The van der Waals surface area contributed by atoms with Crippen LogP contribution in [0.1, 0.15) is 48.9 Å². The molecule has 1 aliphatic heterocycles. The lowest BCUT2D eigenvalue weighted by atomic mass is 9.94. The second-order valence-corrected chi connectivity index (χ2v) is 7.46. The summed E-state index contributed by atoms with van der Waals surface area (Å²) in [5.41, 5.74) is 0.837. The van der Waals surface area contributed by atoms with E-state index in [0.29, 0.717) is 17.8 Å². The number of anilines is 1. The van der Waals surface area contributed by atoms with Gasteiger partial charge in [-0.25, -0.2) is 4.79 Å². The topological polar surface area (TPSA) is 102 Å². The molecule has 29 heavy (non-hydrogen) atoms. The van der Waals surface area contributed by atoms with Crippen molar-refractivity contribution in [2.75, 3.05) is 25.6 Å². The van der Waals surface area contributed by atoms with Crippen molar-refractivity contribution < 1.29 is 28.7 Å². The van der Waals surface area contributed by atoms with Crippen molar-refractivity contribution >= 4 is 29.4 Å². The fourth-order valence-corrected chi connectivity index (χ4v) is 3.89. The predicted octanol–water partition coefficient (Wildman–Crippen LogP) is 2.14. The highest BCUT2D eigenvalue weighted by molar-refractivity contribution is 5.95. The average molecular weight is 402 g/mol. The molecule has 1 saturated carbocycles. The van der Waals surface area contributed by atoms with Gasteiger partial charge in [-0.1, -0.05) is 19.3 Å². The minimum atomic E-state index is -0.521. The quantitative estimate of drug-likeness (QED) is 0.732. The number of methoxy groups -OCH3 is 1. The lowest BCUT2D eigenvalue weighted by Gasteiger charge is -2.31. The van der Waals surface area contributed by atoms with E-state index < -0.39 is 30.4 Å². The van der Waals surface area contributed by atoms with Crippen LogP contribution in [0.3, 0.4) is 0 Å². The SMILES string of the molecule is COC(=O)c1ccc(NC(=O)COC(=O)[C@@H]2CC(=O)N(C3CCCCC3)C2)cc1. The van der Waals surface area contributed by atoms with Gasteiger partial charge in [-0.2, -0.15) is 0 Å². The summed E-state index contributed by atoms with van der Waals surface area (Å²) in [5.74, 6) is -2.00. The molecular weight excluding hydrogens is 376 g/mol. The Kier molecular flexibility index (Phi) is 6.85. The van der Waals surface area contributed by atoms with E-state index in [0.717, 1.165) is 25.7 Å². The summed E-state index contributed by atoms with van der Waals surface area (Å²) in [7, 11) is 1.29. The van der Waals surface area contributed by atoms with Crippen LogP contribution < -0.4 is 5.32 Å². The van der Waals surface area contributed by atoms with Gasteiger partial charge in [0.15, 0.2) is 6.61 Å². The number of carbonyl (C=O) groups is 4. The Morgan fingerprint density at radius 3 is 2.45 bits per heavy atom. The first kappa shape index (κ1) is 20.8. The second-order valence-electron chi connectivity index (χ2n) is 7.46. The fraction of sp³-hybridized carbons (Fsp3) is 0.524. The molecule has 0 radical (unpaired) electrons. The van der Waals surface area contributed by atoms with Gasteiger partial charge in [-0.15, -0.1) is 0 Å². The van der Waals surface area contributed by atoms with E-state index in [4.69, 9.17) is 4.74 Å². The third-order valence-electron chi connectivity index (χ3n) is 5.44. The molecule has 0 unspecified atom stereocenters. The van der Waals surface area contributed by atoms with Crippen molar-refractivity contribution in [2.24, 2.45) is 5.92 Å². The highest BCUT2D eigenvalue weighted by Gasteiger charge is 2.39. The number of ether oxygens (including phenoxy) is 2. The molecule has 156 valence electrons. The van der Waals surface area contributed by atoms with Gasteiger partial charge < -0.3 is 19.7 Å². The Hall–Kier alpha value is -2.90. The van der Waals surface area contributed by atoms with Crippen molar-refractivity contribution in [1.29, 1.82) is 0 Å². The molecule has 3 rings (SSSR count). The Morgan fingerprint density at radius 1 is 1.10 bits per heavy atom. The number of nitrogens with zero attached hydrogens (tertiary/aromatic N) is 1. The van der Waals surface area contributed by atoms with Crippen molar-refractivity contribution in [3.8, 4) is 0 Å². The van der Waals surface area contributed by atoms with Gasteiger partial charge in [0.2, 0.25) is 5.91 Å². The number of benzene rings is 1. The average Bonchev–Trinajstić information content (AvgIpc) is 3.14. The molecule has 1 saturated heterocycles. The van der Waals surface area contributed by atoms with E-state index >= 15 is 0 Å². The summed E-state index contributed by atoms with van der Waals surface area (Å²) in [6, 6.07) is 6.40. The number of hydrogen-bond acceptors (Lipinski definition) is 6. The first-order valence-electron chi connectivity index (χ1n) is 9.92. The van der Waals surface area contributed by atoms with Crippen LogP contribution in [0.2, 0.25) is 0 Å². The third-order valence-corrected chi connectivity index (χ3v) is 5.44. The standard InChI is InChI=1S/C21H26N2O6/c1-28-20(26)14-7-9-16(10-8-14)22-18(24)13-29-21(27)15-11-19(25)23(12-15)17-5-3-2-4-6-17/h7-10,15,17H,2-6,11-13H2,1H3,(H,22,24)/t15-/m1/s1. The molecule has 8 heteroatoms. The molecule has 0 spiro atoms. The molecule has 2 fully saturated rings. The van der Waals surface area contributed by atoms with E-state index in [1.54, 1.807) is 12.1 Å². The zero-order valence-electron chi connectivity index (χ0n) is 16.5. The number of nitrogens with one attached hydrogen (secondary N) is 1. The molecule has 1 aromatic rings. The molecule has 1 atom stereocenters. The van der Waals surface area contributed by atoms with Gasteiger partial charge >= 0.3 is 11.9 Å². The summed E-state index contributed by atoms with van der Waals surface area (Å²) in [6.45, 7) is -0.0509. The maximum Gasteiger partial charge on any atom is 0.337 e. The largest absolute Gasteiger partial charge is 0.465 e. The number of carbonyl (C=O) groups excluding carboxylic acids is 4. The first-order chi connectivity index (χ1) is 14.0. The lowest BCUT2D eigenvalue weighted by Crippen LogP contribution is -2.38. The van der Waals surface area contributed by atoms with E-state index in [2.05, 4.69) is 10.1 Å². The van der Waals surface area contributed by atoms with Crippen molar-refractivity contribution in [3.05, 3.63) is 29.8 Å². The molecule has 0 bridgehead atoms. The van der Waals surface area contributed by atoms with Gasteiger partial charge in [0.1, 0.15) is 0 Å². The summed E-state index contributed by atoms with van der Waals surface area (Å²) in [5, 5.41) is 2.60. The molecule has 0 aromatic heterocycles. The molecular formula is C21H26N2O6. The smallest absolute Gasteiger partial charge is 0.337 e. The van der Waals surface area contributed by atoms with E-state index in [-0.39, 0.29) is 18.4 Å². The Morgan fingerprint density at radius 2 is 1.79 bits per heavy atom. The van der Waals surface area contributed by atoms with Crippen LogP contribution in [-0.4, -0.2) is 55.0 Å². The highest BCUT2D eigenvalue weighted by atomic mass is 16.5. The summed E-state index contributed by atoms with van der Waals surface area (Å²) in [4.78, 5) is 49.8. The van der Waals surface area contributed by atoms with E-state index in [1.165, 1.54) is 25.7 Å². The predicted molar refractivity (Wildman–Crippen MR) is 104 cm³/mol. The number of hydrogen-bond donors (Lipinski definition) is 1. The van der Waals surface area contributed by atoms with E-state index in [1.807, 2.05) is 4.90 Å². The van der Waals surface area contributed by atoms with Crippen LogP contribution in [-0.2, 0) is 23.9 Å². The monoisotopic (exact) mass is 402 g/mol. The van der Waals surface area contributed by atoms with Gasteiger partial charge in [-0.3, -0.25) is 14.4 Å². The van der Waals surface area contributed by atoms with E-state index in [9.17, 15) is 19.2 Å². The molecule has 1 heterocycles. The summed E-state index contributed by atoms with van der Waals surface area (Å²) in [6.07, 6.45) is 5.56. The summed E-state index contributed by atoms with van der Waals surface area (Å²) >= 11 is 0. The normalized spacial score (nSPS) is 19.7. The zero-order chi connectivity index (χ0) is 20.8. The van der Waals surface area contributed by atoms with Gasteiger partial charge in [0.05, 0.1) is 18.6 Å². The third kappa shape index (κ3) is 5.34. The molecule has 2 aliphatic rings. The van der Waals surface area contributed by atoms with Crippen LogP contribution in [0.25, 0.3) is 0 Å². The van der Waals surface area contributed by atoms with Crippen molar-refractivity contribution in [1.82, 2.24) is 4.90 Å². The maximum atomic E-state index is 12.3.